The maximum absolute atomic E-state index is 12.3. The summed E-state index contributed by atoms with van der Waals surface area (Å²) in [4.78, 5) is 15.2. The number of nitrogens with one attached hydrogen (secondary N) is 1. The molecule has 1 aromatic carbocycles. The Bertz CT molecular complexity index is 535. The second-order valence-corrected chi connectivity index (χ2v) is 4.34. The molecule has 0 amide bonds. The van der Waals surface area contributed by atoms with E-state index in [1.165, 1.54) is 0 Å². The van der Waals surface area contributed by atoms with E-state index in [2.05, 4.69) is 4.98 Å². The monoisotopic (exact) mass is 263 g/mol. The molecule has 0 atom stereocenters. The van der Waals surface area contributed by atoms with Gasteiger partial charge in [0.1, 0.15) is 5.75 Å². The van der Waals surface area contributed by atoms with Gasteiger partial charge in [0.15, 0.2) is 0 Å². The Morgan fingerprint density at radius 1 is 1.39 bits per heavy atom. The molecule has 1 aromatic heterocycles. The SMILES string of the molecule is CCCOc1ccc(Cl)cc1C(=O)c1ccc[nH]1. The van der Waals surface area contributed by atoms with Crippen LogP contribution in [0.2, 0.25) is 5.02 Å². The van der Waals surface area contributed by atoms with Gasteiger partial charge in [-0.2, -0.15) is 0 Å². The lowest BCUT2D eigenvalue weighted by Gasteiger charge is -2.10. The van der Waals surface area contributed by atoms with Crippen LogP contribution in [0.25, 0.3) is 0 Å². The lowest BCUT2D eigenvalue weighted by atomic mass is 10.1. The van der Waals surface area contributed by atoms with Crippen LogP contribution >= 0.6 is 11.6 Å². The first-order chi connectivity index (χ1) is 8.72. The zero-order valence-corrected chi connectivity index (χ0v) is 10.8. The summed E-state index contributed by atoms with van der Waals surface area (Å²) < 4.78 is 5.57. The first-order valence-electron chi connectivity index (χ1n) is 5.83. The van der Waals surface area contributed by atoms with Crippen LogP contribution in [0.3, 0.4) is 0 Å². The Kier molecular flexibility index (Phi) is 4.05. The molecular weight excluding hydrogens is 250 g/mol. The fourth-order valence-corrected chi connectivity index (χ4v) is 1.81. The number of benzene rings is 1. The highest BCUT2D eigenvalue weighted by Gasteiger charge is 2.15. The van der Waals surface area contributed by atoms with Gasteiger partial charge in [-0.1, -0.05) is 18.5 Å². The molecule has 0 spiro atoms. The molecule has 0 bridgehead atoms. The van der Waals surface area contributed by atoms with Crippen LogP contribution < -0.4 is 4.74 Å². The summed E-state index contributed by atoms with van der Waals surface area (Å²) in [5, 5.41) is 0.522. The second kappa shape index (κ2) is 5.74. The lowest BCUT2D eigenvalue weighted by molar-refractivity contribution is 0.103. The van der Waals surface area contributed by atoms with Crippen molar-refractivity contribution in [3.63, 3.8) is 0 Å². The minimum absolute atomic E-state index is 0.117. The number of aromatic nitrogens is 1. The van der Waals surface area contributed by atoms with Gasteiger partial charge in [-0.15, -0.1) is 0 Å². The van der Waals surface area contributed by atoms with Crippen molar-refractivity contribution in [2.75, 3.05) is 6.61 Å². The molecule has 1 N–H and O–H groups in total. The molecule has 0 aliphatic heterocycles. The van der Waals surface area contributed by atoms with Crippen LogP contribution in [0.1, 0.15) is 29.4 Å². The highest BCUT2D eigenvalue weighted by atomic mass is 35.5. The topological polar surface area (TPSA) is 42.1 Å². The number of hydrogen-bond donors (Lipinski definition) is 1. The van der Waals surface area contributed by atoms with E-state index in [0.29, 0.717) is 28.6 Å². The van der Waals surface area contributed by atoms with Gasteiger partial charge >= 0.3 is 0 Å². The summed E-state index contributed by atoms with van der Waals surface area (Å²) in [6.45, 7) is 2.59. The van der Waals surface area contributed by atoms with Gasteiger partial charge in [0.2, 0.25) is 5.78 Å². The van der Waals surface area contributed by atoms with Gasteiger partial charge in [0.25, 0.3) is 0 Å². The van der Waals surface area contributed by atoms with E-state index in [1.807, 2.05) is 6.92 Å². The molecule has 3 nitrogen and oxygen atoms in total. The maximum atomic E-state index is 12.3. The normalized spacial score (nSPS) is 10.3. The third-order valence-electron chi connectivity index (χ3n) is 2.49. The largest absolute Gasteiger partial charge is 0.493 e. The van der Waals surface area contributed by atoms with Crippen molar-refractivity contribution < 1.29 is 9.53 Å². The summed E-state index contributed by atoms with van der Waals surface area (Å²) in [6, 6.07) is 8.60. The van der Waals surface area contributed by atoms with Crippen molar-refractivity contribution in [2.24, 2.45) is 0 Å². The molecule has 0 saturated carbocycles. The summed E-state index contributed by atoms with van der Waals surface area (Å²) in [5.74, 6) is 0.453. The number of H-pyrrole nitrogens is 1. The number of carbonyl (C=O) groups excluding carboxylic acids is 1. The first kappa shape index (κ1) is 12.7. The molecule has 94 valence electrons. The molecule has 0 aliphatic carbocycles. The van der Waals surface area contributed by atoms with Crippen LogP contribution in [0.5, 0.6) is 5.75 Å². The van der Waals surface area contributed by atoms with E-state index in [-0.39, 0.29) is 5.78 Å². The average molecular weight is 264 g/mol. The summed E-state index contributed by atoms with van der Waals surface area (Å²) >= 11 is 5.94. The number of hydrogen-bond acceptors (Lipinski definition) is 2. The molecule has 4 heteroatoms. The predicted octanol–water partition coefficient (Wildman–Crippen LogP) is 3.69. The number of rotatable bonds is 5. The summed E-state index contributed by atoms with van der Waals surface area (Å²) in [7, 11) is 0. The highest BCUT2D eigenvalue weighted by molar-refractivity contribution is 6.31. The molecule has 0 radical (unpaired) electrons. The van der Waals surface area contributed by atoms with Gasteiger partial charge in [-0.3, -0.25) is 4.79 Å². The molecule has 0 fully saturated rings. The zero-order chi connectivity index (χ0) is 13.0. The van der Waals surface area contributed by atoms with E-state index < -0.39 is 0 Å². The van der Waals surface area contributed by atoms with Gasteiger partial charge in [-0.05, 0) is 36.8 Å². The number of ketones is 1. The van der Waals surface area contributed by atoms with Crippen LogP contribution in [-0.4, -0.2) is 17.4 Å². The van der Waals surface area contributed by atoms with Crippen LogP contribution in [0, 0.1) is 0 Å². The van der Waals surface area contributed by atoms with Gasteiger partial charge in [0.05, 0.1) is 17.9 Å². The molecule has 2 rings (SSSR count). The molecule has 18 heavy (non-hydrogen) atoms. The Balaban J connectivity index is 2.35. The zero-order valence-electron chi connectivity index (χ0n) is 10.1. The second-order valence-electron chi connectivity index (χ2n) is 3.90. The maximum Gasteiger partial charge on any atom is 0.212 e. The minimum Gasteiger partial charge on any atom is -0.493 e. The van der Waals surface area contributed by atoms with Crippen molar-refractivity contribution in [1.82, 2.24) is 4.98 Å². The average Bonchev–Trinajstić information content (AvgIpc) is 2.90. The lowest BCUT2D eigenvalue weighted by Crippen LogP contribution is -2.06. The van der Waals surface area contributed by atoms with E-state index >= 15 is 0 Å². The Hall–Kier alpha value is -1.74. The van der Waals surface area contributed by atoms with Crippen molar-refractivity contribution in [2.45, 2.75) is 13.3 Å². The molecule has 0 aliphatic rings. The number of aromatic amines is 1. The van der Waals surface area contributed by atoms with E-state index in [1.54, 1.807) is 36.5 Å². The van der Waals surface area contributed by atoms with Crippen molar-refractivity contribution >= 4 is 17.4 Å². The Morgan fingerprint density at radius 2 is 2.22 bits per heavy atom. The van der Waals surface area contributed by atoms with Crippen molar-refractivity contribution in [3.8, 4) is 5.75 Å². The molecular formula is C14H14ClNO2. The predicted molar refractivity (Wildman–Crippen MR) is 71.5 cm³/mol. The summed E-state index contributed by atoms with van der Waals surface area (Å²) in [5.41, 5.74) is 1.01. The molecule has 1 heterocycles. The van der Waals surface area contributed by atoms with Crippen LogP contribution in [0.15, 0.2) is 36.5 Å². The van der Waals surface area contributed by atoms with Crippen molar-refractivity contribution in [3.05, 3.63) is 52.8 Å². The Morgan fingerprint density at radius 3 is 2.89 bits per heavy atom. The first-order valence-corrected chi connectivity index (χ1v) is 6.20. The Labute approximate surface area is 111 Å². The third kappa shape index (κ3) is 2.74. The van der Waals surface area contributed by atoms with E-state index in [9.17, 15) is 4.79 Å². The van der Waals surface area contributed by atoms with E-state index in [0.717, 1.165) is 6.42 Å². The fourth-order valence-electron chi connectivity index (χ4n) is 1.63. The standard InChI is InChI=1S/C14H14ClNO2/c1-2-8-18-13-6-5-10(15)9-11(13)14(17)12-4-3-7-16-12/h3-7,9,16H,2,8H2,1H3. The smallest absolute Gasteiger partial charge is 0.212 e. The number of carbonyl (C=O) groups is 1. The van der Waals surface area contributed by atoms with E-state index in [4.69, 9.17) is 16.3 Å². The van der Waals surface area contributed by atoms with Gasteiger partial charge in [0, 0.05) is 11.2 Å². The van der Waals surface area contributed by atoms with Gasteiger partial charge in [-0.25, -0.2) is 0 Å². The quantitative estimate of drug-likeness (QED) is 0.836. The molecule has 0 saturated heterocycles. The fraction of sp³-hybridized carbons (Fsp3) is 0.214. The van der Waals surface area contributed by atoms with Crippen LogP contribution in [-0.2, 0) is 0 Å². The minimum atomic E-state index is -0.117. The summed E-state index contributed by atoms with van der Waals surface area (Å²) in [6.07, 6.45) is 2.60. The number of halogens is 1. The van der Waals surface area contributed by atoms with Gasteiger partial charge < -0.3 is 9.72 Å². The molecule has 0 unspecified atom stereocenters. The third-order valence-corrected chi connectivity index (χ3v) is 2.73. The molecule has 2 aromatic rings. The number of ether oxygens (including phenoxy) is 1. The van der Waals surface area contributed by atoms with Crippen LogP contribution in [0.4, 0.5) is 0 Å². The highest BCUT2D eigenvalue weighted by Crippen LogP contribution is 2.25. The van der Waals surface area contributed by atoms with Crippen molar-refractivity contribution in [1.29, 1.82) is 0 Å².